The quantitative estimate of drug-likeness (QED) is 0.374. The number of benzene rings is 1. The molecule has 0 spiro atoms. The monoisotopic (exact) mass is 475 g/mol. The number of halogens is 3. The average molecular weight is 476 g/mol. The number of hydrogen-bond donors (Lipinski definition) is 4. The van der Waals surface area contributed by atoms with Crippen LogP contribution in [0.2, 0.25) is 0 Å². The molecule has 0 radical (unpaired) electrons. The number of likely N-dealkylation sites (tertiary alicyclic amines) is 1. The van der Waals surface area contributed by atoms with Crippen molar-refractivity contribution in [3.8, 4) is 11.3 Å². The highest BCUT2D eigenvalue weighted by Crippen LogP contribution is 2.23. The number of amides is 1. The van der Waals surface area contributed by atoms with Gasteiger partial charge in [-0.05, 0) is 43.5 Å². The first kappa shape index (κ1) is 25.0. The molecule has 1 fully saturated rings. The molecule has 1 aromatic carbocycles. The van der Waals surface area contributed by atoms with Crippen LogP contribution in [-0.2, 0) is 0 Å². The number of carbonyl (C=O) groups excluding carboxylic acids is 1. The van der Waals surface area contributed by atoms with Gasteiger partial charge in [-0.15, -0.1) is 0 Å². The minimum Gasteiger partial charge on any atom is -0.403 e. The Morgan fingerprint density at radius 1 is 1.24 bits per heavy atom. The number of carbonyl (C=O) groups is 1. The second kappa shape index (κ2) is 11.5. The Labute approximate surface area is 195 Å². The molecule has 0 saturated carbocycles. The predicted octanol–water partition coefficient (Wildman–Crippen LogP) is 2.48. The van der Waals surface area contributed by atoms with Crippen LogP contribution in [0.3, 0.4) is 0 Å². The zero-order valence-electron chi connectivity index (χ0n) is 18.6. The van der Waals surface area contributed by atoms with E-state index in [0.717, 1.165) is 19.0 Å². The third-order valence-electron chi connectivity index (χ3n) is 5.40. The van der Waals surface area contributed by atoms with Gasteiger partial charge in [0.15, 0.2) is 5.69 Å². The lowest BCUT2D eigenvalue weighted by Gasteiger charge is -2.26. The lowest BCUT2D eigenvalue weighted by molar-refractivity contribution is 0.0963. The van der Waals surface area contributed by atoms with E-state index in [1.54, 1.807) is 11.0 Å². The summed E-state index contributed by atoms with van der Waals surface area (Å²) in [4.78, 5) is 23.1. The topological polar surface area (TPSA) is 136 Å². The summed E-state index contributed by atoms with van der Waals surface area (Å²) in [6, 6.07) is 8.92. The number of amidine groups is 1. The lowest BCUT2D eigenvalue weighted by atomic mass is 10.1. The summed E-state index contributed by atoms with van der Waals surface area (Å²) in [7, 11) is 0. The van der Waals surface area contributed by atoms with Crippen LogP contribution in [-0.4, -0.2) is 53.7 Å². The minimum absolute atomic E-state index is 0.00799. The van der Waals surface area contributed by atoms with Gasteiger partial charge in [0.1, 0.15) is 18.2 Å². The zero-order valence-corrected chi connectivity index (χ0v) is 18.6. The highest BCUT2D eigenvalue weighted by atomic mass is 19.3. The predicted molar refractivity (Wildman–Crippen MR) is 125 cm³/mol. The molecule has 0 aliphatic carbocycles. The molecule has 0 unspecified atom stereocenters. The molecule has 1 saturated heterocycles. The largest absolute Gasteiger partial charge is 0.403 e. The van der Waals surface area contributed by atoms with Crippen LogP contribution in [0.15, 0.2) is 53.3 Å². The van der Waals surface area contributed by atoms with Gasteiger partial charge in [-0.1, -0.05) is 12.1 Å². The summed E-state index contributed by atoms with van der Waals surface area (Å²) in [5, 5.41) is 2.58. The van der Waals surface area contributed by atoms with Crippen LogP contribution >= 0.6 is 0 Å². The van der Waals surface area contributed by atoms with E-state index in [1.807, 2.05) is 0 Å². The molecule has 1 amide bonds. The van der Waals surface area contributed by atoms with E-state index in [0.29, 0.717) is 19.5 Å². The Kier molecular flexibility index (Phi) is 8.47. The number of nitrogens with one attached hydrogen (secondary N) is 1. The fraction of sp³-hybridized carbons (Fsp3) is 0.348. The average Bonchev–Trinajstić information content (AvgIpc) is 3.03. The van der Waals surface area contributed by atoms with Crippen molar-refractivity contribution in [1.82, 2.24) is 15.2 Å². The number of aliphatic imine (C=N–C) groups is 1. The Balaban J connectivity index is 1.89. The van der Waals surface area contributed by atoms with Gasteiger partial charge in [0.05, 0.1) is 17.1 Å². The summed E-state index contributed by atoms with van der Waals surface area (Å²) in [6.07, 6.45) is 0.576. The number of pyridine rings is 1. The molecule has 182 valence electrons. The molecule has 34 heavy (non-hydrogen) atoms. The number of nitrogens with two attached hydrogens (primary N) is 3. The van der Waals surface area contributed by atoms with Crippen molar-refractivity contribution < 1.29 is 18.0 Å². The number of anilines is 1. The molecule has 7 N–H and O–H groups in total. The first-order valence-electron chi connectivity index (χ1n) is 10.9. The molecular weight excluding hydrogens is 447 g/mol. The molecular formula is C23H28F3N7O. The van der Waals surface area contributed by atoms with Crippen molar-refractivity contribution in [2.24, 2.45) is 16.5 Å². The second-order valence-corrected chi connectivity index (χ2v) is 7.88. The van der Waals surface area contributed by atoms with Gasteiger partial charge in [-0.25, -0.2) is 18.2 Å². The Morgan fingerprint density at radius 2 is 2.00 bits per heavy atom. The smallest absolute Gasteiger partial charge is 0.276 e. The summed E-state index contributed by atoms with van der Waals surface area (Å²) in [5.41, 5.74) is 18.1. The van der Waals surface area contributed by atoms with E-state index < -0.39 is 24.7 Å². The maximum absolute atomic E-state index is 14.2. The third kappa shape index (κ3) is 6.25. The second-order valence-electron chi connectivity index (χ2n) is 7.88. The van der Waals surface area contributed by atoms with Gasteiger partial charge in [-0.3, -0.25) is 9.79 Å². The number of aromatic nitrogens is 1. The van der Waals surface area contributed by atoms with Gasteiger partial charge in [0, 0.05) is 30.9 Å². The van der Waals surface area contributed by atoms with E-state index >= 15 is 0 Å². The number of nitrogen functional groups attached to an aromatic ring is 1. The number of rotatable bonds is 6. The van der Waals surface area contributed by atoms with Gasteiger partial charge in [-0.2, -0.15) is 0 Å². The zero-order chi connectivity index (χ0) is 24.7. The van der Waals surface area contributed by atoms with Crippen molar-refractivity contribution in [2.45, 2.75) is 31.7 Å². The van der Waals surface area contributed by atoms with Crippen molar-refractivity contribution in [3.63, 3.8) is 0 Å². The molecule has 1 aliphatic heterocycles. The van der Waals surface area contributed by atoms with Crippen LogP contribution in [0.1, 0.15) is 29.8 Å². The number of hydrogen-bond acceptors (Lipinski definition) is 6. The number of nitrogens with zero attached hydrogens (tertiary/aromatic N) is 3. The molecule has 1 aliphatic rings. The van der Waals surface area contributed by atoms with Gasteiger partial charge < -0.3 is 27.4 Å². The first-order valence-corrected chi connectivity index (χ1v) is 10.9. The Hall–Kier alpha value is -3.60. The normalized spacial score (nSPS) is 17.6. The first-order chi connectivity index (χ1) is 16.3. The van der Waals surface area contributed by atoms with Crippen LogP contribution in [0.4, 0.5) is 18.9 Å². The minimum atomic E-state index is -2.67. The SMILES string of the molecule is N/C=C(/NC(=O)c1nc(-c2ccccc2F)ccc1N)C(=NCC(F)F)N1CCC[C@@H](N)CC1. The number of alkyl halides is 2. The lowest BCUT2D eigenvalue weighted by Crippen LogP contribution is -2.40. The van der Waals surface area contributed by atoms with E-state index in [-0.39, 0.29) is 40.2 Å². The molecule has 1 atom stereocenters. The Bertz CT molecular complexity index is 1070. The molecule has 2 heterocycles. The van der Waals surface area contributed by atoms with Gasteiger partial charge in [0.25, 0.3) is 12.3 Å². The maximum Gasteiger partial charge on any atom is 0.276 e. The summed E-state index contributed by atoms with van der Waals surface area (Å²) in [6.45, 7) is 0.236. The standard InChI is InChI=1S/C23H28F3N7O/c24-16-6-2-1-5-15(16)18-8-7-17(29)21(31-18)23(34)32-19(12-27)22(30-13-20(25)26)33-10-3-4-14(28)9-11-33/h1-2,5-8,12,14,20H,3-4,9-11,13,27-29H2,(H,32,34)/b19-12+,30-22?/t14-/m1/s1. The van der Waals surface area contributed by atoms with Crippen molar-refractivity contribution >= 4 is 17.4 Å². The maximum atomic E-state index is 14.2. The van der Waals surface area contributed by atoms with Crippen molar-refractivity contribution in [3.05, 3.63) is 59.8 Å². The molecule has 2 aromatic rings. The van der Waals surface area contributed by atoms with Crippen LogP contribution in [0.25, 0.3) is 11.3 Å². The summed E-state index contributed by atoms with van der Waals surface area (Å²) < 4.78 is 40.1. The van der Waals surface area contributed by atoms with Gasteiger partial charge >= 0.3 is 0 Å². The highest BCUT2D eigenvalue weighted by molar-refractivity contribution is 6.06. The van der Waals surface area contributed by atoms with Crippen LogP contribution < -0.4 is 22.5 Å². The fourth-order valence-electron chi connectivity index (χ4n) is 3.67. The molecule has 11 heteroatoms. The molecule has 1 aromatic heterocycles. The van der Waals surface area contributed by atoms with Crippen LogP contribution in [0.5, 0.6) is 0 Å². The Morgan fingerprint density at radius 3 is 2.71 bits per heavy atom. The molecule has 8 nitrogen and oxygen atoms in total. The third-order valence-corrected chi connectivity index (χ3v) is 5.40. The van der Waals surface area contributed by atoms with E-state index in [2.05, 4.69) is 15.3 Å². The van der Waals surface area contributed by atoms with E-state index in [4.69, 9.17) is 17.2 Å². The summed E-state index contributed by atoms with van der Waals surface area (Å²) >= 11 is 0. The van der Waals surface area contributed by atoms with E-state index in [9.17, 15) is 18.0 Å². The van der Waals surface area contributed by atoms with E-state index in [1.165, 1.54) is 30.3 Å². The highest BCUT2D eigenvalue weighted by Gasteiger charge is 2.24. The van der Waals surface area contributed by atoms with Crippen molar-refractivity contribution in [2.75, 3.05) is 25.4 Å². The van der Waals surface area contributed by atoms with Gasteiger partial charge in [0.2, 0.25) is 0 Å². The van der Waals surface area contributed by atoms with Crippen LogP contribution in [0, 0.1) is 5.82 Å². The molecule has 3 rings (SSSR count). The summed E-state index contributed by atoms with van der Waals surface area (Å²) in [5.74, 6) is -1.10. The fourth-order valence-corrected chi connectivity index (χ4v) is 3.67. The van der Waals surface area contributed by atoms with Crippen molar-refractivity contribution in [1.29, 1.82) is 0 Å². The molecule has 0 bridgehead atoms.